The summed E-state index contributed by atoms with van der Waals surface area (Å²) in [6, 6.07) is 16.3. The van der Waals surface area contributed by atoms with Crippen LogP contribution in [-0.4, -0.2) is 28.9 Å². The van der Waals surface area contributed by atoms with Crippen LogP contribution in [0.1, 0.15) is 29.9 Å². The number of aromatic nitrogens is 1. The second kappa shape index (κ2) is 7.18. The van der Waals surface area contributed by atoms with E-state index in [1.807, 2.05) is 43.3 Å². The maximum absolute atomic E-state index is 14.7. The normalized spacial score (nSPS) is 20.2. The molecule has 1 aliphatic rings. The number of hydroxylamine groups is 3. The summed E-state index contributed by atoms with van der Waals surface area (Å²) in [7, 11) is 0. The van der Waals surface area contributed by atoms with Gasteiger partial charge in [-0.1, -0.05) is 54.5 Å². The van der Waals surface area contributed by atoms with Gasteiger partial charge in [0, 0.05) is 17.5 Å². The van der Waals surface area contributed by atoms with E-state index in [9.17, 15) is 9.60 Å². The van der Waals surface area contributed by atoms with E-state index >= 15 is 0 Å². The summed E-state index contributed by atoms with van der Waals surface area (Å²) in [6.07, 6.45) is 0. The fraction of sp³-hybridized carbons (Fsp3) is 0.238. The Hall–Kier alpha value is -3.03. The van der Waals surface area contributed by atoms with Gasteiger partial charge in [-0.15, -0.1) is 0 Å². The summed E-state index contributed by atoms with van der Waals surface area (Å²) in [5.74, 6) is 0.144. The first-order chi connectivity index (χ1) is 13.5. The second-order valence-corrected chi connectivity index (χ2v) is 7.06. The summed E-state index contributed by atoms with van der Waals surface area (Å²) >= 11 is 0. The monoisotopic (exact) mass is 380 g/mol. The molecular weight excluding hydrogens is 359 g/mol. The number of quaternary nitrogens is 1. The molecule has 144 valence electrons. The molecule has 6 nitrogen and oxygen atoms in total. The zero-order valence-corrected chi connectivity index (χ0v) is 15.5. The Bertz CT molecular complexity index is 1020. The van der Waals surface area contributed by atoms with Crippen LogP contribution in [0.5, 0.6) is 0 Å². The zero-order chi connectivity index (χ0) is 19.7. The molecule has 2 atom stereocenters. The molecule has 0 amide bonds. The third-order valence-electron chi connectivity index (χ3n) is 5.15. The molecule has 0 radical (unpaired) electrons. The van der Waals surface area contributed by atoms with Crippen LogP contribution in [0.2, 0.25) is 0 Å². The lowest BCUT2D eigenvalue weighted by molar-refractivity contribution is -0.798. The van der Waals surface area contributed by atoms with Gasteiger partial charge < -0.3 is 15.5 Å². The lowest BCUT2D eigenvalue weighted by atomic mass is 9.95. The van der Waals surface area contributed by atoms with E-state index in [4.69, 9.17) is 10.3 Å². The minimum absolute atomic E-state index is 0.0659. The highest BCUT2D eigenvalue weighted by Gasteiger charge is 2.29. The van der Waals surface area contributed by atoms with Gasteiger partial charge in [0.2, 0.25) is 0 Å². The third-order valence-corrected chi connectivity index (χ3v) is 5.15. The van der Waals surface area contributed by atoms with Crippen LogP contribution in [0.4, 0.5) is 4.39 Å². The molecule has 3 aromatic rings. The van der Waals surface area contributed by atoms with E-state index in [1.165, 1.54) is 6.07 Å². The van der Waals surface area contributed by atoms with Gasteiger partial charge in [0.05, 0.1) is 6.54 Å². The maximum atomic E-state index is 14.7. The number of benzene rings is 2. The Morgan fingerprint density at radius 3 is 2.68 bits per heavy atom. The molecule has 0 saturated heterocycles. The summed E-state index contributed by atoms with van der Waals surface area (Å²) in [4.78, 5) is 3.97. The first-order valence-corrected chi connectivity index (χ1v) is 9.15. The van der Waals surface area contributed by atoms with Gasteiger partial charge in [-0.3, -0.25) is 4.65 Å². The molecular formula is C21H21FN4O2. The SMILES string of the molecule is CC(c1ccc(-c2ccccc2)c(F)c1)c1cc(C[N+]2([O-])CCN=C2N)no1. The van der Waals surface area contributed by atoms with Crippen molar-refractivity contribution in [1.82, 2.24) is 5.16 Å². The molecule has 7 heteroatoms. The number of rotatable bonds is 5. The summed E-state index contributed by atoms with van der Waals surface area (Å²) in [6.45, 7) is 2.71. The van der Waals surface area contributed by atoms with Gasteiger partial charge in [0.1, 0.15) is 30.4 Å². The average molecular weight is 380 g/mol. The molecule has 1 aromatic heterocycles. The standard InChI is InChI=1S/C21H21FN4O2/c1-14(16-7-8-18(19(22)11-16)15-5-3-2-4-6-15)20-12-17(25-28-20)13-26(27)10-9-24-21(26)23/h2-8,11-12,14H,9-10,13H2,1H3,(H2,23,24). The molecule has 2 aromatic carbocycles. The number of aliphatic imine (C=N–C) groups is 1. The molecule has 0 fully saturated rings. The van der Waals surface area contributed by atoms with Gasteiger partial charge in [-0.05, 0) is 17.2 Å². The number of nitrogens with two attached hydrogens (primary N) is 1. The molecule has 0 bridgehead atoms. The predicted molar refractivity (Wildman–Crippen MR) is 105 cm³/mol. The highest BCUT2D eigenvalue weighted by Crippen LogP contribution is 2.30. The minimum atomic E-state index is -0.708. The van der Waals surface area contributed by atoms with Crippen molar-refractivity contribution in [2.24, 2.45) is 10.7 Å². The Labute approximate surface area is 162 Å². The van der Waals surface area contributed by atoms with Gasteiger partial charge >= 0.3 is 0 Å². The van der Waals surface area contributed by atoms with Crippen LogP contribution >= 0.6 is 0 Å². The molecule has 1 aliphatic heterocycles. The molecule has 4 rings (SSSR count). The first-order valence-electron chi connectivity index (χ1n) is 9.15. The molecule has 0 aliphatic carbocycles. The number of hydrogen-bond acceptors (Lipinski definition) is 5. The van der Waals surface area contributed by atoms with Gasteiger partial charge in [0.15, 0.2) is 0 Å². The highest BCUT2D eigenvalue weighted by atomic mass is 19.1. The van der Waals surface area contributed by atoms with Crippen LogP contribution in [0.25, 0.3) is 11.1 Å². The number of nitrogens with zero attached hydrogens (tertiary/aromatic N) is 3. The Balaban J connectivity index is 1.54. The summed E-state index contributed by atoms with van der Waals surface area (Å²) < 4.78 is 19.4. The minimum Gasteiger partial charge on any atom is -0.625 e. The van der Waals surface area contributed by atoms with Gasteiger partial charge in [-0.2, -0.15) is 0 Å². The van der Waals surface area contributed by atoms with Crippen molar-refractivity contribution in [3.05, 3.63) is 82.6 Å². The quantitative estimate of drug-likeness (QED) is 0.539. The average Bonchev–Trinajstić information content (AvgIpc) is 3.28. The highest BCUT2D eigenvalue weighted by molar-refractivity contribution is 5.72. The predicted octanol–water partition coefficient (Wildman–Crippen LogP) is 3.78. The van der Waals surface area contributed by atoms with Gasteiger partial charge in [-0.25, -0.2) is 9.38 Å². The van der Waals surface area contributed by atoms with E-state index in [2.05, 4.69) is 10.1 Å². The molecule has 2 unspecified atom stereocenters. The largest absolute Gasteiger partial charge is 0.625 e. The smallest absolute Gasteiger partial charge is 0.295 e. The fourth-order valence-corrected chi connectivity index (χ4v) is 3.41. The lowest BCUT2D eigenvalue weighted by Gasteiger charge is -2.35. The zero-order valence-electron chi connectivity index (χ0n) is 15.5. The first kappa shape index (κ1) is 18.3. The molecule has 0 spiro atoms. The van der Waals surface area contributed by atoms with Crippen LogP contribution in [0, 0.1) is 11.0 Å². The van der Waals surface area contributed by atoms with E-state index < -0.39 is 4.65 Å². The van der Waals surface area contributed by atoms with Crippen molar-refractivity contribution < 1.29 is 13.6 Å². The maximum Gasteiger partial charge on any atom is 0.295 e. The number of guanidine groups is 1. The fourth-order valence-electron chi connectivity index (χ4n) is 3.41. The Kier molecular flexibility index (Phi) is 4.70. The molecule has 2 heterocycles. The van der Waals surface area contributed by atoms with Crippen molar-refractivity contribution in [2.45, 2.75) is 19.4 Å². The van der Waals surface area contributed by atoms with Crippen LogP contribution in [0.3, 0.4) is 0 Å². The summed E-state index contributed by atoms with van der Waals surface area (Å²) in [5.41, 5.74) is 8.37. The van der Waals surface area contributed by atoms with Crippen LogP contribution in [0.15, 0.2) is 64.1 Å². The topological polar surface area (TPSA) is 87.5 Å². The van der Waals surface area contributed by atoms with E-state index in [0.29, 0.717) is 30.1 Å². The Morgan fingerprint density at radius 2 is 2.00 bits per heavy atom. The van der Waals surface area contributed by atoms with E-state index in [0.717, 1.165) is 11.1 Å². The van der Waals surface area contributed by atoms with Crippen molar-refractivity contribution in [1.29, 1.82) is 0 Å². The van der Waals surface area contributed by atoms with Crippen molar-refractivity contribution in [3.8, 4) is 11.1 Å². The molecule has 28 heavy (non-hydrogen) atoms. The molecule has 2 N–H and O–H groups in total. The lowest BCUT2D eigenvalue weighted by Crippen LogP contribution is -2.48. The summed E-state index contributed by atoms with van der Waals surface area (Å²) in [5, 5.41) is 16.6. The second-order valence-electron chi connectivity index (χ2n) is 7.06. The van der Waals surface area contributed by atoms with Crippen molar-refractivity contribution in [3.63, 3.8) is 0 Å². The van der Waals surface area contributed by atoms with E-state index in [-0.39, 0.29) is 24.2 Å². The van der Waals surface area contributed by atoms with Crippen LogP contribution < -0.4 is 5.73 Å². The molecule has 0 saturated carbocycles. The van der Waals surface area contributed by atoms with Crippen molar-refractivity contribution in [2.75, 3.05) is 13.1 Å². The Morgan fingerprint density at radius 1 is 1.21 bits per heavy atom. The number of hydrogen-bond donors (Lipinski definition) is 1. The van der Waals surface area contributed by atoms with Crippen LogP contribution in [-0.2, 0) is 6.54 Å². The van der Waals surface area contributed by atoms with E-state index in [1.54, 1.807) is 12.1 Å². The third kappa shape index (κ3) is 3.42. The van der Waals surface area contributed by atoms with Crippen molar-refractivity contribution >= 4 is 5.96 Å². The van der Waals surface area contributed by atoms with Gasteiger partial charge in [0.25, 0.3) is 5.96 Å². The number of halogens is 1.